The lowest BCUT2D eigenvalue weighted by atomic mass is 10.3. The van der Waals surface area contributed by atoms with Gasteiger partial charge in [0.1, 0.15) is 6.20 Å². The molecule has 0 aliphatic carbocycles. The minimum atomic E-state index is -0.579. The third-order valence-corrected chi connectivity index (χ3v) is 2.92. The van der Waals surface area contributed by atoms with E-state index in [0.29, 0.717) is 6.54 Å². The molecule has 118 valence electrons. The van der Waals surface area contributed by atoms with Crippen LogP contribution < -0.4 is 10.1 Å². The summed E-state index contributed by atoms with van der Waals surface area (Å²) in [5.74, 6) is -0.248. The first-order chi connectivity index (χ1) is 10.5. The second-order valence-electron chi connectivity index (χ2n) is 4.59. The van der Waals surface area contributed by atoms with Gasteiger partial charge in [-0.25, -0.2) is 0 Å². The molecular formula is C12H16N6O4. The molecule has 1 N–H and O–H groups in total. The Morgan fingerprint density at radius 1 is 1.50 bits per heavy atom. The van der Waals surface area contributed by atoms with Crippen molar-refractivity contribution in [2.75, 3.05) is 7.11 Å². The summed E-state index contributed by atoms with van der Waals surface area (Å²) in [4.78, 5) is 21.9. The van der Waals surface area contributed by atoms with E-state index in [4.69, 9.17) is 4.74 Å². The Morgan fingerprint density at radius 3 is 2.82 bits per heavy atom. The number of carbonyl (C=O) groups is 1. The topological polar surface area (TPSA) is 117 Å². The number of carbonyl (C=O) groups excluding carboxylic acids is 1. The minimum absolute atomic E-state index is 0.0687. The Kier molecular flexibility index (Phi) is 4.71. The van der Waals surface area contributed by atoms with E-state index in [2.05, 4.69) is 15.5 Å². The highest BCUT2D eigenvalue weighted by Gasteiger charge is 2.20. The SMILES string of the molecule is COc1nn(CCC(=O)NCc2cnn(C)c2)cc1[N+](=O)[O-]. The maximum Gasteiger partial charge on any atom is 0.350 e. The molecule has 2 rings (SSSR count). The zero-order chi connectivity index (χ0) is 16.1. The Labute approximate surface area is 125 Å². The molecule has 0 radical (unpaired) electrons. The molecule has 0 fully saturated rings. The zero-order valence-electron chi connectivity index (χ0n) is 12.2. The van der Waals surface area contributed by atoms with E-state index in [9.17, 15) is 14.9 Å². The van der Waals surface area contributed by atoms with Gasteiger partial charge < -0.3 is 10.1 Å². The van der Waals surface area contributed by atoms with Gasteiger partial charge in [0.15, 0.2) is 0 Å². The van der Waals surface area contributed by atoms with Gasteiger partial charge in [0.2, 0.25) is 5.91 Å². The van der Waals surface area contributed by atoms with Crippen LogP contribution in [0, 0.1) is 10.1 Å². The third kappa shape index (κ3) is 3.81. The van der Waals surface area contributed by atoms with E-state index in [0.717, 1.165) is 5.56 Å². The van der Waals surface area contributed by atoms with Crippen LogP contribution >= 0.6 is 0 Å². The molecule has 0 saturated heterocycles. The zero-order valence-corrected chi connectivity index (χ0v) is 12.2. The lowest BCUT2D eigenvalue weighted by Gasteiger charge is -2.03. The first-order valence-electron chi connectivity index (χ1n) is 6.49. The minimum Gasteiger partial charge on any atom is -0.475 e. The molecule has 0 aromatic carbocycles. The Bertz CT molecular complexity index is 677. The summed E-state index contributed by atoms with van der Waals surface area (Å²) in [5.41, 5.74) is 0.672. The lowest BCUT2D eigenvalue weighted by Crippen LogP contribution is -2.23. The first-order valence-corrected chi connectivity index (χ1v) is 6.49. The molecule has 0 unspecified atom stereocenters. The molecule has 0 aliphatic heterocycles. The molecule has 0 aliphatic rings. The number of nitrogens with one attached hydrogen (secondary N) is 1. The van der Waals surface area contributed by atoms with Gasteiger partial charge in [0.25, 0.3) is 0 Å². The Hall–Kier alpha value is -2.91. The van der Waals surface area contributed by atoms with E-state index in [1.807, 2.05) is 6.20 Å². The molecule has 0 spiro atoms. The van der Waals surface area contributed by atoms with Gasteiger partial charge in [0, 0.05) is 31.8 Å². The van der Waals surface area contributed by atoms with Crippen LogP contribution in [-0.4, -0.2) is 37.5 Å². The van der Waals surface area contributed by atoms with Crippen LogP contribution in [0.15, 0.2) is 18.6 Å². The van der Waals surface area contributed by atoms with Crippen molar-refractivity contribution in [2.45, 2.75) is 19.5 Å². The fraction of sp³-hybridized carbons (Fsp3) is 0.417. The number of rotatable bonds is 7. The van der Waals surface area contributed by atoms with Gasteiger partial charge in [0.05, 0.1) is 24.8 Å². The van der Waals surface area contributed by atoms with Crippen LogP contribution in [0.3, 0.4) is 0 Å². The van der Waals surface area contributed by atoms with Gasteiger partial charge in [-0.05, 0) is 0 Å². The lowest BCUT2D eigenvalue weighted by molar-refractivity contribution is -0.385. The summed E-state index contributed by atoms with van der Waals surface area (Å²) in [6, 6.07) is 0. The van der Waals surface area contributed by atoms with Crippen molar-refractivity contribution in [3.05, 3.63) is 34.3 Å². The second kappa shape index (κ2) is 6.70. The van der Waals surface area contributed by atoms with Gasteiger partial charge in [-0.15, -0.1) is 5.10 Å². The normalized spacial score (nSPS) is 10.5. The average Bonchev–Trinajstić information content (AvgIpc) is 3.08. The first kappa shape index (κ1) is 15.5. The summed E-state index contributed by atoms with van der Waals surface area (Å²) >= 11 is 0. The van der Waals surface area contributed by atoms with Gasteiger partial charge in [-0.2, -0.15) is 5.10 Å². The molecule has 22 heavy (non-hydrogen) atoms. The third-order valence-electron chi connectivity index (χ3n) is 2.92. The number of nitrogens with zero attached hydrogens (tertiary/aromatic N) is 5. The van der Waals surface area contributed by atoms with Gasteiger partial charge in [-0.3, -0.25) is 24.3 Å². The molecule has 2 aromatic rings. The van der Waals surface area contributed by atoms with Crippen LogP contribution in [0.25, 0.3) is 0 Å². The monoisotopic (exact) mass is 308 g/mol. The quantitative estimate of drug-likeness (QED) is 0.578. The molecular weight excluding hydrogens is 292 g/mol. The summed E-state index contributed by atoms with van der Waals surface area (Å²) < 4.78 is 7.79. The van der Waals surface area contributed by atoms with Crippen molar-refractivity contribution < 1.29 is 14.5 Å². The van der Waals surface area contributed by atoms with E-state index < -0.39 is 4.92 Å². The summed E-state index contributed by atoms with van der Waals surface area (Å²) in [6.45, 7) is 0.609. The second-order valence-corrected chi connectivity index (χ2v) is 4.59. The average molecular weight is 308 g/mol. The molecule has 10 nitrogen and oxygen atoms in total. The standard InChI is InChI=1S/C12H16N6O4/c1-16-7-9(6-14-16)5-13-11(19)3-4-17-8-10(18(20)21)12(15-17)22-2/h6-8H,3-5H2,1-2H3,(H,13,19). The molecule has 10 heteroatoms. The van der Waals surface area contributed by atoms with Crippen molar-refractivity contribution >= 4 is 11.6 Å². The number of aryl methyl sites for hydroxylation is 2. The molecule has 2 heterocycles. The van der Waals surface area contributed by atoms with E-state index in [-0.39, 0.29) is 30.4 Å². The maximum atomic E-state index is 11.7. The van der Waals surface area contributed by atoms with Crippen molar-refractivity contribution in [3.8, 4) is 5.88 Å². The van der Waals surface area contributed by atoms with Crippen LogP contribution in [0.1, 0.15) is 12.0 Å². The van der Waals surface area contributed by atoms with E-state index in [1.54, 1.807) is 17.9 Å². The maximum absolute atomic E-state index is 11.7. The smallest absolute Gasteiger partial charge is 0.350 e. The van der Waals surface area contributed by atoms with Crippen LogP contribution in [0.5, 0.6) is 5.88 Å². The number of nitro groups is 1. The van der Waals surface area contributed by atoms with E-state index in [1.165, 1.54) is 18.0 Å². The number of ether oxygens (including phenoxy) is 1. The predicted molar refractivity (Wildman–Crippen MR) is 75.1 cm³/mol. The van der Waals surface area contributed by atoms with Crippen molar-refractivity contribution in [3.63, 3.8) is 0 Å². The van der Waals surface area contributed by atoms with Crippen LogP contribution in [0.4, 0.5) is 5.69 Å². The number of aromatic nitrogens is 4. The molecule has 1 amide bonds. The highest BCUT2D eigenvalue weighted by molar-refractivity contribution is 5.75. The highest BCUT2D eigenvalue weighted by Crippen LogP contribution is 2.23. The number of amides is 1. The number of hydrogen-bond donors (Lipinski definition) is 1. The molecule has 0 bridgehead atoms. The van der Waals surface area contributed by atoms with Gasteiger partial charge >= 0.3 is 11.6 Å². The fourth-order valence-corrected chi connectivity index (χ4v) is 1.85. The fourth-order valence-electron chi connectivity index (χ4n) is 1.85. The molecule has 0 saturated carbocycles. The summed E-state index contributed by atoms with van der Waals surface area (Å²) in [5, 5.41) is 21.4. The summed E-state index contributed by atoms with van der Waals surface area (Å²) in [7, 11) is 3.10. The van der Waals surface area contributed by atoms with Crippen molar-refractivity contribution in [2.24, 2.45) is 7.05 Å². The highest BCUT2D eigenvalue weighted by atomic mass is 16.6. The van der Waals surface area contributed by atoms with Gasteiger partial charge in [-0.1, -0.05) is 0 Å². The van der Waals surface area contributed by atoms with E-state index >= 15 is 0 Å². The number of methoxy groups -OCH3 is 1. The Morgan fingerprint density at radius 2 is 2.27 bits per heavy atom. The molecule has 2 aromatic heterocycles. The predicted octanol–water partition coefficient (Wildman–Crippen LogP) is 0.240. The van der Waals surface area contributed by atoms with Crippen LogP contribution in [0.2, 0.25) is 0 Å². The van der Waals surface area contributed by atoms with Crippen molar-refractivity contribution in [1.29, 1.82) is 0 Å². The largest absolute Gasteiger partial charge is 0.475 e. The Balaban J connectivity index is 1.84. The summed E-state index contributed by atoms with van der Waals surface area (Å²) in [6.07, 6.45) is 4.87. The van der Waals surface area contributed by atoms with Crippen molar-refractivity contribution in [1.82, 2.24) is 24.9 Å². The number of hydrogen-bond acceptors (Lipinski definition) is 6. The van der Waals surface area contributed by atoms with Crippen LogP contribution in [-0.2, 0) is 24.9 Å². The molecule has 0 atom stereocenters.